The number of aryl methyl sites for hydroxylation is 1. The molecule has 0 aliphatic rings. The Morgan fingerprint density at radius 3 is 2.89 bits per heavy atom. The number of aromatic nitrogens is 2. The third-order valence-electron chi connectivity index (χ3n) is 3.19. The molecule has 1 heterocycles. The van der Waals surface area contributed by atoms with Gasteiger partial charge in [0, 0.05) is 19.3 Å². The van der Waals surface area contributed by atoms with E-state index < -0.39 is 0 Å². The van der Waals surface area contributed by atoms with Crippen molar-refractivity contribution >= 4 is 0 Å². The summed E-state index contributed by atoms with van der Waals surface area (Å²) in [6.45, 7) is 9.04. The van der Waals surface area contributed by atoms with Crippen LogP contribution in [0.25, 0.3) is 0 Å². The number of nitriles is 1. The van der Waals surface area contributed by atoms with Crippen LogP contribution in [0.5, 0.6) is 0 Å². The van der Waals surface area contributed by atoms with Gasteiger partial charge in [-0.3, -0.25) is 0 Å². The van der Waals surface area contributed by atoms with Crippen molar-refractivity contribution in [1.29, 1.82) is 5.26 Å². The summed E-state index contributed by atoms with van der Waals surface area (Å²) >= 11 is 0. The Hall–Kier alpha value is -1.34. The second kappa shape index (κ2) is 7.96. The van der Waals surface area contributed by atoms with Crippen molar-refractivity contribution in [2.45, 2.75) is 59.5 Å². The normalized spacial score (nSPS) is 11.5. The van der Waals surface area contributed by atoms with Gasteiger partial charge in [0.2, 0.25) is 0 Å². The predicted molar refractivity (Wildman–Crippen MR) is 77.5 cm³/mol. The molecular formula is C15H26N4. The van der Waals surface area contributed by atoms with Crippen LogP contribution in [-0.2, 0) is 13.1 Å². The van der Waals surface area contributed by atoms with E-state index in [9.17, 15) is 0 Å². The van der Waals surface area contributed by atoms with E-state index in [-0.39, 0.29) is 5.41 Å². The summed E-state index contributed by atoms with van der Waals surface area (Å²) in [4.78, 5) is 4.38. The van der Waals surface area contributed by atoms with Gasteiger partial charge < -0.3 is 9.88 Å². The van der Waals surface area contributed by atoms with Crippen molar-refractivity contribution in [1.82, 2.24) is 14.9 Å². The molecular weight excluding hydrogens is 236 g/mol. The van der Waals surface area contributed by atoms with E-state index in [0.29, 0.717) is 0 Å². The molecule has 0 fully saturated rings. The maximum absolute atomic E-state index is 8.94. The van der Waals surface area contributed by atoms with Gasteiger partial charge in [0.25, 0.3) is 0 Å². The fraction of sp³-hybridized carbons (Fsp3) is 0.733. The number of nitrogens with zero attached hydrogens (tertiary/aromatic N) is 3. The molecule has 0 amide bonds. The van der Waals surface area contributed by atoms with Crippen LogP contribution < -0.4 is 5.32 Å². The lowest BCUT2D eigenvalue weighted by Crippen LogP contribution is -2.13. The third kappa shape index (κ3) is 6.40. The highest BCUT2D eigenvalue weighted by Crippen LogP contribution is 2.21. The van der Waals surface area contributed by atoms with E-state index in [2.05, 4.69) is 34.1 Å². The first kappa shape index (κ1) is 15.7. The number of nitrogens with one attached hydrogen (secondary N) is 1. The van der Waals surface area contributed by atoms with E-state index in [0.717, 1.165) is 51.0 Å². The first-order chi connectivity index (χ1) is 9.07. The van der Waals surface area contributed by atoms with E-state index in [1.165, 1.54) is 0 Å². The van der Waals surface area contributed by atoms with Crippen LogP contribution in [0.3, 0.4) is 0 Å². The molecule has 4 nitrogen and oxygen atoms in total. The predicted octanol–water partition coefficient (Wildman–Crippen LogP) is 3.10. The van der Waals surface area contributed by atoms with Crippen LogP contribution in [0.2, 0.25) is 0 Å². The van der Waals surface area contributed by atoms with Gasteiger partial charge in [-0.15, -0.1) is 0 Å². The van der Waals surface area contributed by atoms with Crippen LogP contribution in [0.4, 0.5) is 0 Å². The van der Waals surface area contributed by atoms with Crippen molar-refractivity contribution in [2.24, 2.45) is 5.41 Å². The molecule has 1 aromatic heterocycles. The summed E-state index contributed by atoms with van der Waals surface area (Å²) in [5.74, 6) is 0. The number of rotatable bonds is 9. The van der Waals surface area contributed by atoms with E-state index >= 15 is 0 Å². The second-order valence-electron chi connectivity index (χ2n) is 5.73. The fourth-order valence-corrected chi connectivity index (χ4v) is 1.93. The lowest BCUT2D eigenvalue weighted by molar-refractivity contribution is 0.417. The lowest BCUT2D eigenvalue weighted by atomic mass is 9.89. The Kier molecular flexibility index (Phi) is 6.58. The Balaban J connectivity index is 2.22. The first-order valence-corrected chi connectivity index (χ1v) is 7.20. The molecule has 0 aliphatic carbocycles. The van der Waals surface area contributed by atoms with Gasteiger partial charge in [0.05, 0.1) is 23.5 Å². The van der Waals surface area contributed by atoms with Gasteiger partial charge in [0.15, 0.2) is 0 Å². The Labute approximate surface area is 116 Å². The minimum Gasteiger partial charge on any atom is -0.337 e. The molecule has 0 unspecified atom stereocenters. The van der Waals surface area contributed by atoms with Crippen molar-refractivity contribution < 1.29 is 0 Å². The standard InChI is InChI=1S/C15H26N4/c1-4-8-17-10-14-11-19(13-18-14)9-6-5-7-15(2,3)12-16/h11,13,17H,4-10H2,1-3H3. The zero-order chi connectivity index (χ0) is 14.1. The molecule has 106 valence electrons. The number of hydrogen-bond acceptors (Lipinski definition) is 3. The lowest BCUT2D eigenvalue weighted by Gasteiger charge is -2.14. The zero-order valence-corrected chi connectivity index (χ0v) is 12.4. The van der Waals surface area contributed by atoms with E-state index in [1.807, 2.05) is 20.2 Å². The minimum absolute atomic E-state index is 0.190. The SMILES string of the molecule is CCCNCc1cn(CCCCC(C)(C)C#N)cn1. The molecule has 1 aromatic rings. The van der Waals surface area contributed by atoms with E-state index in [4.69, 9.17) is 5.26 Å². The van der Waals surface area contributed by atoms with Crippen molar-refractivity contribution in [3.8, 4) is 6.07 Å². The number of unbranched alkanes of at least 4 members (excludes halogenated alkanes) is 1. The quantitative estimate of drug-likeness (QED) is 0.696. The molecule has 19 heavy (non-hydrogen) atoms. The molecule has 0 bridgehead atoms. The van der Waals surface area contributed by atoms with Gasteiger partial charge in [-0.1, -0.05) is 13.3 Å². The van der Waals surface area contributed by atoms with Gasteiger partial charge in [-0.2, -0.15) is 5.26 Å². The van der Waals surface area contributed by atoms with Crippen molar-refractivity contribution in [2.75, 3.05) is 6.54 Å². The van der Waals surface area contributed by atoms with Crippen LogP contribution in [0, 0.1) is 16.7 Å². The molecule has 0 saturated heterocycles. The molecule has 0 saturated carbocycles. The van der Waals surface area contributed by atoms with Crippen LogP contribution in [0.15, 0.2) is 12.5 Å². The molecule has 1 rings (SSSR count). The smallest absolute Gasteiger partial charge is 0.0949 e. The molecule has 0 radical (unpaired) electrons. The summed E-state index contributed by atoms with van der Waals surface area (Å²) in [6, 6.07) is 2.35. The first-order valence-electron chi connectivity index (χ1n) is 7.20. The summed E-state index contributed by atoms with van der Waals surface area (Å²) in [7, 11) is 0. The highest BCUT2D eigenvalue weighted by molar-refractivity contribution is 4.96. The Morgan fingerprint density at radius 2 is 2.21 bits per heavy atom. The van der Waals surface area contributed by atoms with Gasteiger partial charge in [0.1, 0.15) is 0 Å². The molecule has 0 aromatic carbocycles. The second-order valence-corrected chi connectivity index (χ2v) is 5.73. The average molecular weight is 262 g/mol. The Morgan fingerprint density at radius 1 is 1.42 bits per heavy atom. The Bertz CT molecular complexity index is 401. The summed E-state index contributed by atoms with van der Waals surface area (Å²) in [5.41, 5.74) is 0.912. The maximum atomic E-state index is 8.94. The highest BCUT2D eigenvalue weighted by atomic mass is 15.0. The molecule has 0 spiro atoms. The monoisotopic (exact) mass is 262 g/mol. The summed E-state index contributed by atoms with van der Waals surface area (Å²) in [5, 5.41) is 12.3. The fourth-order valence-electron chi connectivity index (χ4n) is 1.93. The minimum atomic E-state index is -0.190. The zero-order valence-electron chi connectivity index (χ0n) is 12.4. The van der Waals surface area contributed by atoms with Gasteiger partial charge >= 0.3 is 0 Å². The molecule has 1 N–H and O–H groups in total. The van der Waals surface area contributed by atoms with E-state index in [1.54, 1.807) is 0 Å². The van der Waals surface area contributed by atoms with Crippen molar-refractivity contribution in [3.05, 3.63) is 18.2 Å². The number of hydrogen-bond donors (Lipinski definition) is 1. The van der Waals surface area contributed by atoms with Gasteiger partial charge in [-0.05, 0) is 39.7 Å². The molecule has 4 heteroatoms. The summed E-state index contributed by atoms with van der Waals surface area (Å²) in [6.07, 6.45) is 8.31. The largest absolute Gasteiger partial charge is 0.337 e. The maximum Gasteiger partial charge on any atom is 0.0949 e. The molecule has 0 aliphatic heterocycles. The topological polar surface area (TPSA) is 53.6 Å². The highest BCUT2D eigenvalue weighted by Gasteiger charge is 2.15. The van der Waals surface area contributed by atoms with Crippen LogP contribution >= 0.6 is 0 Å². The third-order valence-corrected chi connectivity index (χ3v) is 3.19. The van der Waals surface area contributed by atoms with Crippen molar-refractivity contribution in [3.63, 3.8) is 0 Å². The summed E-state index contributed by atoms with van der Waals surface area (Å²) < 4.78 is 2.14. The molecule has 0 atom stereocenters. The van der Waals surface area contributed by atoms with Gasteiger partial charge in [-0.25, -0.2) is 4.98 Å². The average Bonchev–Trinajstić information content (AvgIpc) is 2.83. The van der Waals surface area contributed by atoms with Crippen LogP contribution in [-0.4, -0.2) is 16.1 Å². The number of imidazole rings is 1. The van der Waals surface area contributed by atoms with Crippen LogP contribution in [0.1, 0.15) is 52.1 Å².